The second kappa shape index (κ2) is 8.25. The van der Waals surface area contributed by atoms with Gasteiger partial charge in [-0.1, -0.05) is 18.2 Å². The highest BCUT2D eigenvalue weighted by Crippen LogP contribution is 2.14. The van der Waals surface area contributed by atoms with Crippen molar-refractivity contribution < 1.29 is 14.6 Å². The molecular weight excluding hydrogens is 254 g/mol. The predicted octanol–water partition coefficient (Wildman–Crippen LogP) is 2.07. The van der Waals surface area contributed by atoms with Crippen molar-refractivity contribution in [2.24, 2.45) is 0 Å². The van der Waals surface area contributed by atoms with Gasteiger partial charge in [0.05, 0.1) is 25.4 Å². The van der Waals surface area contributed by atoms with Crippen LogP contribution in [0.4, 0.5) is 5.69 Å². The molecule has 0 radical (unpaired) electrons. The van der Waals surface area contributed by atoms with Crippen LogP contribution in [0.25, 0.3) is 0 Å². The first-order chi connectivity index (χ1) is 9.79. The van der Waals surface area contributed by atoms with Crippen LogP contribution in [-0.4, -0.2) is 50.2 Å². The molecule has 2 rings (SSSR count). The van der Waals surface area contributed by atoms with Gasteiger partial charge >= 0.3 is 0 Å². The SMILES string of the molecule is CCN(CC(O)COCC1CCCO1)c1ccccc1. The predicted molar refractivity (Wildman–Crippen MR) is 80.1 cm³/mol. The Bertz CT molecular complexity index is 365. The number of anilines is 1. The largest absolute Gasteiger partial charge is 0.389 e. The lowest BCUT2D eigenvalue weighted by Crippen LogP contribution is -2.35. The van der Waals surface area contributed by atoms with Crippen molar-refractivity contribution in [1.29, 1.82) is 0 Å². The van der Waals surface area contributed by atoms with Crippen LogP contribution in [0.1, 0.15) is 19.8 Å². The summed E-state index contributed by atoms with van der Waals surface area (Å²) in [5.41, 5.74) is 1.13. The molecule has 0 aliphatic carbocycles. The van der Waals surface area contributed by atoms with Gasteiger partial charge in [-0.3, -0.25) is 0 Å². The molecule has 1 aromatic rings. The first kappa shape index (κ1) is 15.3. The monoisotopic (exact) mass is 279 g/mol. The first-order valence-corrected chi connectivity index (χ1v) is 7.47. The standard InChI is InChI=1S/C16H25NO3/c1-2-17(14-7-4-3-5-8-14)11-15(18)12-19-13-16-9-6-10-20-16/h3-5,7-8,15-16,18H,2,6,9-13H2,1H3. The highest BCUT2D eigenvalue weighted by atomic mass is 16.5. The minimum Gasteiger partial charge on any atom is -0.389 e. The molecule has 1 fully saturated rings. The average molecular weight is 279 g/mol. The highest BCUT2D eigenvalue weighted by molar-refractivity contribution is 5.45. The van der Waals surface area contributed by atoms with Crippen LogP contribution in [0.5, 0.6) is 0 Å². The Morgan fingerprint density at radius 1 is 1.40 bits per heavy atom. The Hall–Kier alpha value is -1.10. The molecule has 1 heterocycles. The Labute approximate surface area is 121 Å². The highest BCUT2D eigenvalue weighted by Gasteiger charge is 2.17. The number of rotatable bonds is 8. The number of aliphatic hydroxyl groups is 1. The van der Waals surface area contributed by atoms with Gasteiger partial charge in [-0.2, -0.15) is 0 Å². The van der Waals surface area contributed by atoms with E-state index in [4.69, 9.17) is 9.47 Å². The van der Waals surface area contributed by atoms with Crippen molar-refractivity contribution >= 4 is 5.69 Å². The number of likely N-dealkylation sites (N-methyl/N-ethyl adjacent to an activating group) is 1. The fourth-order valence-electron chi connectivity index (χ4n) is 2.47. The van der Waals surface area contributed by atoms with Gasteiger partial charge < -0.3 is 19.5 Å². The Balaban J connectivity index is 1.70. The van der Waals surface area contributed by atoms with E-state index >= 15 is 0 Å². The average Bonchev–Trinajstić information content (AvgIpc) is 2.99. The molecule has 2 atom stereocenters. The van der Waals surface area contributed by atoms with Crippen LogP contribution in [0, 0.1) is 0 Å². The van der Waals surface area contributed by atoms with Crippen LogP contribution in [-0.2, 0) is 9.47 Å². The number of aliphatic hydroxyl groups excluding tert-OH is 1. The molecule has 112 valence electrons. The zero-order valence-electron chi connectivity index (χ0n) is 12.2. The molecule has 0 amide bonds. The zero-order chi connectivity index (χ0) is 14.2. The molecule has 0 bridgehead atoms. The summed E-state index contributed by atoms with van der Waals surface area (Å²) in [5.74, 6) is 0. The molecule has 1 saturated heterocycles. The molecule has 4 nitrogen and oxygen atoms in total. The minimum absolute atomic E-state index is 0.221. The van der Waals surface area contributed by atoms with Gasteiger partial charge in [0.2, 0.25) is 0 Å². The normalized spacial score (nSPS) is 20.0. The Morgan fingerprint density at radius 3 is 2.85 bits per heavy atom. The molecule has 20 heavy (non-hydrogen) atoms. The van der Waals surface area contributed by atoms with Crippen molar-refractivity contribution in [1.82, 2.24) is 0 Å². The molecule has 1 aliphatic rings. The lowest BCUT2D eigenvalue weighted by Gasteiger charge is -2.26. The van der Waals surface area contributed by atoms with Crippen molar-refractivity contribution in [3.8, 4) is 0 Å². The van der Waals surface area contributed by atoms with Crippen molar-refractivity contribution in [3.05, 3.63) is 30.3 Å². The van der Waals surface area contributed by atoms with E-state index in [0.29, 0.717) is 19.8 Å². The molecule has 1 aliphatic heterocycles. The summed E-state index contributed by atoms with van der Waals surface area (Å²) in [4.78, 5) is 2.15. The number of hydrogen-bond acceptors (Lipinski definition) is 4. The van der Waals surface area contributed by atoms with E-state index in [2.05, 4.69) is 24.0 Å². The summed E-state index contributed by atoms with van der Waals surface area (Å²) < 4.78 is 11.0. The molecule has 0 spiro atoms. The number of benzene rings is 1. The van der Waals surface area contributed by atoms with E-state index in [9.17, 15) is 5.11 Å². The lowest BCUT2D eigenvalue weighted by molar-refractivity contribution is -0.0149. The van der Waals surface area contributed by atoms with Crippen molar-refractivity contribution in [2.45, 2.75) is 32.0 Å². The van der Waals surface area contributed by atoms with E-state index in [0.717, 1.165) is 31.7 Å². The molecule has 0 saturated carbocycles. The fourth-order valence-corrected chi connectivity index (χ4v) is 2.47. The Kier molecular flexibility index (Phi) is 6.30. The minimum atomic E-state index is -0.475. The zero-order valence-corrected chi connectivity index (χ0v) is 12.2. The van der Waals surface area contributed by atoms with Crippen molar-refractivity contribution in [2.75, 3.05) is 37.8 Å². The molecule has 1 N–H and O–H groups in total. The molecular formula is C16H25NO3. The quantitative estimate of drug-likeness (QED) is 0.791. The maximum atomic E-state index is 10.1. The second-order valence-electron chi connectivity index (χ2n) is 5.20. The van der Waals surface area contributed by atoms with Crippen LogP contribution in [0.2, 0.25) is 0 Å². The van der Waals surface area contributed by atoms with Crippen LogP contribution in [0.3, 0.4) is 0 Å². The molecule has 4 heteroatoms. The third kappa shape index (κ3) is 4.78. The van der Waals surface area contributed by atoms with Crippen LogP contribution < -0.4 is 4.90 Å². The van der Waals surface area contributed by atoms with Gasteiger partial charge in [-0.05, 0) is 31.9 Å². The van der Waals surface area contributed by atoms with E-state index in [-0.39, 0.29) is 6.10 Å². The van der Waals surface area contributed by atoms with Gasteiger partial charge in [0.15, 0.2) is 0 Å². The van der Waals surface area contributed by atoms with Crippen LogP contribution >= 0.6 is 0 Å². The smallest absolute Gasteiger partial charge is 0.0948 e. The van der Waals surface area contributed by atoms with Gasteiger partial charge in [-0.15, -0.1) is 0 Å². The summed E-state index contributed by atoms with van der Waals surface area (Å²) in [6.07, 6.45) is 1.94. The molecule has 2 unspecified atom stereocenters. The summed E-state index contributed by atoms with van der Waals surface area (Å²) in [5, 5.41) is 10.1. The maximum Gasteiger partial charge on any atom is 0.0948 e. The second-order valence-corrected chi connectivity index (χ2v) is 5.20. The number of nitrogens with zero attached hydrogens (tertiary/aromatic N) is 1. The van der Waals surface area contributed by atoms with E-state index < -0.39 is 6.10 Å². The van der Waals surface area contributed by atoms with E-state index in [1.54, 1.807) is 0 Å². The van der Waals surface area contributed by atoms with Crippen LogP contribution in [0.15, 0.2) is 30.3 Å². The van der Waals surface area contributed by atoms with E-state index in [1.165, 1.54) is 0 Å². The third-order valence-corrected chi connectivity index (χ3v) is 3.57. The first-order valence-electron chi connectivity index (χ1n) is 7.47. The van der Waals surface area contributed by atoms with E-state index in [1.807, 2.05) is 18.2 Å². The fraction of sp³-hybridized carbons (Fsp3) is 0.625. The van der Waals surface area contributed by atoms with Gasteiger partial charge in [0, 0.05) is 25.4 Å². The maximum absolute atomic E-state index is 10.1. The van der Waals surface area contributed by atoms with Gasteiger partial charge in [-0.25, -0.2) is 0 Å². The summed E-state index contributed by atoms with van der Waals surface area (Å²) in [6.45, 7) is 5.34. The van der Waals surface area contributed by atoms with Crippen molar-refractivity contribution in [3.63, 3.8) is 0 Å². The number of para-hydroxylation sites is 1. The topological polar surface area (TPSA) is 41.9 Å². The number of hydrogen-bond donors (Lipinski definition) is 1. The lowest BCUT2D eigenvalue weighted by atomic mass is 10.2. The summed E-state index contributed by atoms with van der Waals surface area (Å²) in [6, 6.07) is 10.1. The van der Waals surface area contributed by atoms with Gasteiger partial charge in [0.1, 0.15) is 0 Å². The summed E-state index contributed by atoms with van der Waals surface area (Å²) in [7, 11) is 0. The number of ether oxygens (including phenoxy) is 2. The van der Waals surface area contributed by atoms with Gasteiger partial charge in [0.25, 0.3) is 0 Å². The Morgan fingerprint density at radius 2 is 2.20 bits per heavy atom. The summed E-state index contributed by atoms with van der Waals surface area (Å²) >= 11 is 0. The third-order valence-electron chi connectivity index (χ3n) is 3.57. The molecule has 1 aromatic carbocycles. The molecule has 0 aromatic heterocycles.